The van der Waals surface area contributed by atoms with Crippen LogP contribution in [-0.2, 0) is 4.74 Å². The Balaban J connectivity index is 2.82. The number of halogens is 1. The van der Waals surface area contributed by atoms with Crippen LogP contribution in [0.3, 0.4) is 0 Å². The van der Waals surface area contributed by atoms with Crippen LogP contribution in [0.2, 0.25) is 5.02 Å². The van der Waals surface area contributed by atoms with E-state index >= 15 is 0 Å². The fourth-order valence-corrected chi connectivity index (χ4v) is 1.79. The predicted molar refractivity (Wildman–Crippen MR) is 74.1 cm³/mol. The van der Waals surface area contributed by atoms with Crippen LogP contribution in [0.25, 0.3) is 6.08 Å². The molecular formula is C14H19ClO3. The number of aliphatic hydroxyl groups is 1. The van der Waals surface area contributed by atoms with Gasteiger partial charge in [0.1, 0.15) is 5.75 Å². The van der Waals surface area contributed by atoms with E-state index in [4.69, 9.17) is 26.2 Å². The van der Waals surface area contributed by atoms with Gasteiger partial charge in [0.15, 0.2) is 0 Å². The van der Waals surface area contributed by atoms with Crippen molar-refractivity contribution in [3.63, 3.8) is 0 Å². The van der Waals surface area contributed by atoms with Gasteiger partial charge in [-0.3, -0.25) is 0 Å². The lowest BCUT2D eigenvalue weighted by molar-refractivity contribution is 0.0672. The van der Waals surface area contributed by atoms with E-state index in [0.717, 1.165) is 5.56 Å². The Hall–Kier alpha value is -1.03. The SMILES string of the molecule is COc1cc(/C=C\[C@H](OC)[C@@H](C)CO)ccc1Cl. The maximum Gasteiger partial charge on any atom is 0.138 e. The zero-order valence-corrected chi connectivity index (χ0v) is 11.6. The number of benzene rings is 1. The van der Waals surface area contributed by atoms with Gasteiger partial charge in [-0.15, -0.1) is 0 Å². The van der Waals surface area contributed by atoms with E-state index in [2.05, 4.69) is 0 Å². The Morgan fingerprint density at radius 1 is 1.39 bits per heavy atom. The third-order valence-electron chi connectivity index (χ3n) is 2.77. The van der Waals surface area contributed by atoms with Crippen molar-refractivity contribution in [1.29, 1.82) is 0 Å². The standard InChI is InChI=1S/C14H19ClO3/c1-10(9-16)13(17-2)7-5-11-4-6-12(15)14(8-11)18-3/h4-8,10,13,16H,9H2,1-3H3/b7-5-/t10-,13-/m0/s1. The largest absolute Gasteiger partial charge is 0.495 e. The minimum Gasteiger partial charge on any atom is -0.495 e. The lowest BCUT2D eigenvalue weighted by Crippen LogP contribution is -2.20. The number of ether oxygens (including phenoxy) is 2. The Morgan fingerprint density at radius 2 is 2.11 bits per heavy atom. The Morgan fingerprint density at radius 3 is 2.67 bits per heavy atom. The fraction of sp³-hybridized carbons (Fsp3) is 0.429. The van der Waals surface area contributed by atoms with Crippen LogP contribution < -0.4 is 4.74 Å². The van der Waals surface area contributed by atoms with Gasteiger partial charge in [0.05, 0.1) is 18.2 Å². The first kappa shape index (κ1) is 15.0. The summed E-state index contributed by atoms with van der Waals surface area (Å²) >= 11 is 5.95. The normalized spacial score (nSPS) is 14.7. The van der Waals surface area contributed by atoms with Gasteiger partial charge < -0.3 is 14.6 Å². The van der Waals surface area contributed by atoms with Crippen molar-refractivity contribution in [3.05, 3.63) is 34.9 Å². The second-order valence-electron chi connectivity index (χ2n) is 4.11. The Labute approximate surface area is 113 Å². The lowest BCUT2D eigenvalue weighted by Gasteiger charge is -2.16. The zero-order valence-electron chi connectivity index (χ0n) is 10.9. The molecule has 1 aromatic carbocycles. The summed E-state index contributed by atoms with van der Waals surface area (Å²) in [5.74, 6) is 0.698. The van der Waals surface area contributed by atoms with Gasteiger partial charge in [-0.2, -0.15) is 0 Å². The molecule has 0 radical (unpaired) electrons. The molecule has 1 rings (SSSR count). The maximum absolute atomic E-state index is 9.10. The highest BCUT2D eigenvalue weighted by Gasteiger charge is 2.12. The van der Waals surface area contributed by atoms with E-state index in [1.165, 1.54) is 0 Å². The molecule has 1 N–H and O–H groups in total. The van der Waals surface area contributed by atoms with Gasteiger partial charge >= 0.3 is 0 Å². The molecule has 0 saturated carbocycles. The summed E-state index contributed by atoms with van der Waals surface area (Å²) in [5.41, 5.74) is 0.975. The molecule has 4 heteroatoms. The molecule has 3 nitrogen and oxygen atoms in total. The van der Waals surface area contributed by atoms with Gasteiger partial charge in [0.2, 0.25) is 0 Å². The van der Waals surface area contributed by atoms with Crippen LogP contribution in [0, 0.1) is 5.92 Å². The minimum absolute atomic E-state index is 0.0560. The molecule has 0 bridgehead atoms. The van der Waals surface area contributed by atoms with Gasteiger partial charge in [-0.25, -0.2) is 0 Å². The quantitative estimate of drug-likeness (QED) is 0.864. The molecule has 100 valence electrons. The van der Waals surface area contributed by atoms with Crippen LogP contribution in [-0.4, -0.2) is 32.0 Å². The fourth-order valence-electron chi connectivity index (χ4n) is 1.59. The second kappa shape index (κ2) is 7.41. The van der Waals surface area contributed by atoms with Crippen molar-refractivity contribution in [3.8, 4) is 5.75 Å². The van der Waals surface area contributed by atoms with Crippen LogP contribution in [0.15, 0.2) is 24.3 Å². The van der Waals surface area contributed by atoms with Gasteiger partial charge in [-0.1, -0.05) is 36.7 Å². The minimum atomic E-state index is -0.114. The van der Waals surface area contributed by atoms with Crippen LogP contribution >= 0.6 is 11.6 Å². The first-order chi connectivity index (χ1) is 8.62. The Kier molecular flexibility index (Phi) is 6.19. The molecule has 2 atom stereocenters. The van der Waals surface area contributed by atoms with Crippen molar-refractivity contribution in [2.75, 3.05) is 20.8 Å². The summed E-state index contributed by atoms with van der Waals surface area (Å²) in [5, 5.41) is 9.69. The third kappa shape index (κ3) is 4.02. The van der Waals surface area contributed by atoms with Crippen LogP contribution in [0.5, 0.6) is 5.75 Å². The third-order valence-corrected chi connectivity index (χ3v) is 3.09. The van der Waals surface area contributed by atoms with Crippen molar-refractivity contribution in [2.45, 2.75) is 13.0 Å². The smallest absolute Gasteiger partial charge is 0.138 e. The van der Waals surface area contributed by atoms with E-state index in [-0.39, 0.29) is 18.6 Å². The van der Waals surface area contributed by atoms with Crippen molar-refractivity contribution in [2.24, 2.45) is 5.92 Å². The molecule has 0 heterocycles. The number of aliphatic hydroxyl groups excluding tert-OH is 1. The summed E-state index contributed by atoms with van der Waals surface area (Å²) in [4.78, 5) is 0. The van der Waals surface area contributed by atoms with Crippen molar-refractivity contribution >= 4 is 17.7 Å². The van der Waals surface area contributed by atoms with E-state index in [1.807, 2.05) is 31.2 Å². The summed E-state index contributed by atoms with van der Waals surface area (Å²) < 4.78 is 10.5. The molecule has 0 amide bonds. The molecule has 0 aliphatic carbocycles. The molecule has 0 fully saturated rings. The molecule has 18 heavy (non-hydrogen) atoms. The molecule has 0 aliphatic rings. The molecule has 0 aromatic heterocycles. The van der Waals surface area contributed by atoms with E-state index in [1.54, 1.807) is 20.3 Å². The van der Waals surface area contributed by atoms with Crippen LogP contribution in [0.4, 0.5) is 0 Å². The predicted octanol–water partition coefficient (Wildman–Crippen LogP) is 3.01. The molecule has 0 spiro atoms. The molecule has 0 unspecified atom stereocenters. The average Bonchev–Trinajstić information content (AvgIpc) is 2.40. The highest BCUT2D eigenvalue weighted by molar-refractivity contribution is 6.32. The molecule has 0 aliphatic heterocycles. The summed E-state index contributed by atoms with van der Waals surface area (Å²) in [6.45, 7) is 2.02. The first-order valence-corrected chi connectivity index (χ1v) is 6.15. The second-order valence-corrected chi connectivity index (χ2v) is 4.52. The van der Waals surface area contributed by atoms with Gasteiger partial charge in [0.25, 0.3) is 0 Å². The number of rotatable bonds is 6. The van der Waals surface area contributed by atoms with Crippen molar-refractivity contribution < 1.29 is 14.6 Å². The van der Waals surface area contributed by atoms with Crippen LogP contribution in [0.1, 0.15) is 12.5 Å². The van der Waals surface area contributed by atoms with Gasteiger partial charge in [-0.05, 0) is 17.7 Å². The molecular weight excluding hydrogens is 252 g/mol. The van der Waals surface area contributed by atoms with Crippen molar-refractivity contribution in [1.82, 2.24) is 0 Å². The summed E-state index contributed by atoms with van der Waals surface area (Å²) in [7, 11) is 3.21. The number of hydrogen-bond donors (Lipinski definition) is 1. The maximum atomic E-state index is 9.10. The number of hydrogen-bond acceptors (Lipinski definition) is 3. The zero-order chi connectivity index (χ0) is 13.5. The van der Waals surface area contributed by atoms with E-state index in [9.17, 15) is 0 Å². The Bertz CT molecular complexity index is 404. The van der Waals surface area contributed by atoms with E-state index in [0.29, 0.717) is 10.8 Å². The highest BCUT2D eigenvalue weighted by atomic mass is 35.5. The van der Waals surface area contributed by atoms with Gasteiger partial charge in [0, 0.05) is 19.6 Å². The average molecular weight is 271 g/mol. The molecule has 1 aromatic rings. The summed E-state index contributed by atoms with van der Waals surface area (Å²) in [6, 6.07) is 5.55. The van der Waals surface area contributed by atoms with E-state index < -0.39 is 0 Å². The highest BCUT2D eigenvalue weighted by Crippen LogP contribution is 2.25. The first-order valence-electron chi connectivity index (χ1n) is 5.77. The lowest BCUT2D eigenvalue weighted by atomic mass is 10.0. The topological polar surface area (TPSA) is 38.7 Å². The monoisotopic (exact) mass is 270 g/mol. The summed E-state index contributed by atoms with van der Waals surface area (Å²) in [6.07, 6.45) is 3.74. The molecule has 0 saturated heterocycles. The number of methoxy groups -OCH3 is 2.